The van der Waals surface area contributed by atoms with Crippen molar-refractivity contribution in [2.45, 2.75) is 19.8 Å². The molecular weight excluding hydrogens is 212 g/mol. The van der Waals surface area contributed by atoms with E-state index in [1.165, 1.54) is 0 Å². The lowest BCUT2D eigenvalue weighted by molar-refractivity contribution is 0.568. The van der Waals surface area contributed by atoms with Crippen LogP contribution >= 0.6 is 11.6 Å². The molecule has 0 fully saturated rings. The number of hydrogen-bond acceptors (Lipinski definition) is 3. The maximum Gasteiger partial charge on any atom is 0.223 e. The maximum atomic E-state index is 5.86. The van der Waals surface area contributed by atoms with Crippen molar-refractivity contribution in [2.75, 3.05) is 0 Å². The van der Waals surface area contributed by atoms with Crippen LogP contribution in [0.4, 0.5) is 0 Å². The summed E-state index contributed by atoms with van der Waals surface area (Å²) in [6.07, 6.45) is 3.25. The number of rotatable bonds is 2. The van der Waals surface area contributed by atoms with E-state index < -0.39 is 0 Å². The molecule has 2 rings (SSSR count). The molecule has 0 radical (unpaired) electrons. The fraction of sp³-hybridized carbons (Fsp3) is 0.273. The van der Waals surface area contributed by atoms with Crippen molar-refractivity contribution in [2.24, 2.45) is 0 Å². The lowest BCUT2D eigenvalue weighted by Gasteiger charge is -2.06. The number of nitrogens with zero attached hydrogens (tertiary/aromatic N) is 2. The quantitative estimate of drug-likeness (QED) is 0.730. The molecule has 78 valence electrons. The highest BCUT2D eigenvalue weighted by atomic mass is 35.5. The molecule has 0 bridgehead atoms. The van der Waals surface area contributed by atoms with Gasteiger partial charge in [-0.1, -0.05) is 13.8 Å². The molecule has 0 atom stereocenters. The van der Waals surface area contributed by atoms with Gasteiger partial charge in [0.1, 0.15) is 0 Å². The molecule has 2 heterocycles. The summed E-state index contributed by atoms with van der Waals surface area (Å²) in [4.78, 5) is 8.32. The molecular formula is C11H11ClN2O. The van der Waals surface area contributed by atoms with Crippen molar-refractivity contribution in [1.29, 1.82) is 0 Å². The molecule has 0 saturated carbocycles. The Bertz CT molecular complexity index is 452. The molecule has 0 aliphatic heterocycles. The zero-order chi connectivity index (χ0) is 10.8. The Morgan fingerprint density at radius 2 is 2.13 bits per heavy atom. The summed E-state index contributed by atoms with van der Waals surface area (Å²) in [5, 5.41) is 0.275. The van der Waals surface area contributed by atoms with Gasteiger partial charge in [0.2, 0.25) is 5.28 Å². The standard InChI is InChI=1S/C11H11ClN2O/c1-7(2)9-5-10(14-11(12)13-9)8-3-4-15-6-8/h3-7H,1-2H3. The molecule has 3 nitrogen and oxygen atoms in total. The van der Waals surface area contributed by atoms with Crippen LogP contribution in [-0.4, -0.2) is 9.97 Å². The molecule has 2 aromatic heterocycles. The van der Waals surface area contributed by atoms with E-state index in [2.05, 4.69) is 23.8 Å². The monoisotopic (exact) mass is 222 g/mol. The van der Waals surface area contributed by atoms with E-state index in [-0.39, 0.29) is 5.28 Å². The Balaban J connectivity index is 2.49. The third kappa shape index (κ3) is 2.18. The van der Waals surface area contributed by atoms with Crippen LogP contribution in [0.25, 0.3) is 11.3 Å². The van der Waals surface area contributed by atoms with Gasteiger partial charge in [-0.3, -0.25) is 0 Å². The normalized spacial score (nSPS) is 10.9. The average molecular weight is 223 g/mol. The summed E-state index contributed by atoms with van der Waals surface area (Å²) in [7, 11) is 0. The second kappa shape index (κ2) is 4.03. The van der Waals surface area contributed by atoms with Crippen LogP contribution in [0.2, 0.25) is 5.28 Å². The fourth-order valence-electron chi connectivity index (χ4n) is 1.29. The topological polar surface area (TPSA) is 38.9 Å². The van der Waals surface area contributed by atoms with Crippen LogP contribution in [0.5, 0.6) is 0 Å². The lowest BCUT2D eigenvalue weighted by Crippen LogP contribution is -1.96. The highest BCUT2D eigenvalue weighted by Gasteiger charge is 2.08. The minimum atomic E-state index is 0.275. The minimum absolute atomic E-state index is 0.275. The first-order chi connectivity index (χ1) is 7.16. The average Bonchev–Trinajstić information content (AvgIpc) is 2.69. The van der Waals surface area contributed by atoms with Crippen molar-refractivity contribution in [3.8, 4) is 11.3 Å². The highest BCUT2D eigenvalue weighted by Crippen LogP contribution is 2.22. The summed E-state index contributed by atoms with van der Waals surface area (Å²) < 4.78 is 5.01. The molecule has 0 N–H and O–H groups in total. The number of aromatic nitrogens is 2. The molecule has 0 saturated heterocycles. The number of halogens is 1. The zero-order valence-electron chi connectivity index (χ0n) is 8.57. The highest BCUT2D eigenvalue weighted by molar-refractivity contribution is 6.28. The van der Waals surface area contributed by atoms with E-state index in [0.29, 0.717) is 5.92 Å². The molecule has 4 heteroatoms. The zero-order valence-corrected chi connectivity index (χ0v) is 9.32. The Morgan fingerprint density at radius 1 is 1.33 bits per heavy atom. The van der Waals surface area contributed by atoms with Crippen molar-refractivity contribution in [1.82, 2.24) is 9.97 Å². The van der Waals surface area contributed by atoms with E-state index in [0.717, 1.165) is 17.0 Å². The van der Waals surface area contributed by atoms with Crippen molar-refractivity contribution >= 4 is 11.6 Å². The van der Waals surface area contributed by atoms with Crippen LogP contribution in [0.3, 0.4) is 0 Å². The summed E-state index contributed by atoms with van der Waals surface area (Å²) >= 11 is 5.86. The van der Waals surface area contributed by atoms with Crippen LogP contribution in [-0.2, 0) is 0 Å². The Hall–Kier alpha value is -1.35. The summed E-state index contributed by atoms with van der Waals surface area (Å²) in [5.41, 5.74) is 2.65. The maximum absolute atomic E-state index is 5.86. The van der Waals surface area contributed by atoms with Gasteiger partial charge in [-0.2, -0.15) is 0 Å². The van der Waals surface area contributed by atoms with Gasteiger partial charge in [0.05, 0.1) is 18.2 Å². The summed E-state index contributed by atoms with van der Waals surface area (Å²) in [5.74, 6) is 0.330. The molecule has 15 heavy (non-hydrogen) atoms. The van der Waals surface area contributed by atoms with Gasteiger partial charge < -0.3 is 4.42 Å². The Labute approximate surface area is 93.1 Å². The van der Waals surface area contributed by atoms with Gasteiger partial charge in [-0.05, 0) is 29.7 Å². The smallest absolute Gasteiger partial charge is 0.223 e. The number of hydrogen-bond donors (Lipinski definition) is 0. The van der Waals surface area contributed by atoms with Crippen molar-refractivity contribution < 1.29 is 4.42 Å². The third-order valence-corrected chi connectivity index (χ3v) is 2.30. The molecule has 0 spiro atoms. The first-order valence-corrected chi connectivity index (χ1v) is 5.11. The minimum Gasteiger partial charge on any atom is -0.472 e. The largest absolute Gasteiger partial charge is 0.472 e. The van der Waals surface area contributed by atoms with E-state index in [9.17, 15) is 0 Å². The van der Waals surface area contributed by atoms with E-state index in [1.807, 2.05) is 12.1 Å². The number of furan rings is 1. The van der Waals surface area contributed by atoms with E-state index >= 15 is 0 Å². The SMILES string of the molecule is CC(C)c1cc(-c2ccoc2)nc(Cl)n1. The first kappa shape index (κ1) is 10.2. The predicted octanol–water partition coefficient (Wildman–Crippen LogP) is 3.51. The second-order valence-corrected chi connectivity index (χ2v) is 3.95. The molecule has 2 aromatic rings. The predicted molar refractivity (Wildman–Crippen MR) is 58.8 cm³/mol. The van der Waals surface area contributed by atoms with Gasteiger partial charge >= 0.3 is 0 Å². The first-order valence-electron chi connectivity index (χ1n) is 4.74. The molecule has 0 aromatic carbocycles. The van der Waals surface area contributed by atoms with Crippen LogP contribution in [0.1, 0.15) is 25.5 Å². The summed E-state index contributed by atoms with van der Waals surface area (Å²) in [6.45, 7) is 4.13. The molecule has 0 unspecified atom stereocenters. The Morgan fingerprint density at radius 3 is 2.73 bits per heavy atom. The second-order valence-electron chi connectivity index (χ2n) is 3.61. The van der Waals surface area contributed by atoms with Gasteiger partial charge in [0.15, 0.2) is 0 Å². The van der Waals surface area contributed by atoms with Gasteiger partial charge in [0.25, 0.3) is 0 Å². The van der Waals surface area contributed by atoms with Crippen LogP contribution < -0.4 is 0 Å². The molecule has 0 aliphatic rings. The third-order valence-electron chi connectivity index (χ3n) is 2.13. The van der Waals surface area contributed by atoms with Crippen LogP contribution in [0.15, 0.2) is 29.1 Å². The molecule has 0 amide bonds. The van der Waals surface area contributed by atoms with Crippen molar-refractivity contribution in [3.63, 3.8) is 0 Å². The van der Waals surface area contributed by atoms with Gasteiger partial charge in [-0.15, -0.1) is 0 Å². The Kier molecular flexibility index (Phi) is 2.73. The van der Waals surface area contributed by atoms with E-state index in [4.69, 9.17) is 16.0 Å². The molecule has 0 aliphatic carbocycles. The van der Waals surface area contributed by atoms with Gasteiger partial charge in [-0.25, -0.2) is 9.97 Å². The lowest BCUT2D eigenvalue weighted by atomic mass is 10.1. The van der Waals surface area contributed by atoms with Gasteiger partial charge in [0, 0.05) is 11.3 Å². The van der Waals surface area contributed by atoms with Crippen molar-refractivity contribution in [3.05, 3.63) is 35.6 Å². The fourth-order valence-corrected chi connectivity index (χ4v) is 1.48. The van der Waals surface area contributed by atoms with E-state index in [1.54, 1.807) is 12.5 Å². The summed E-state index contributed by atoms with van der Waals surface area (Å²) in [6, 6.07) is 3.78. The van der Waals surface area contributed by atoms with Crippen LogP contribution in [0, 0.1) is 0 Å².